The Kier molecular flexibility index (Phi) is 5.38. The van der Waals surface area contributed by atoms with Gasteiger partial charge in [-0.1, -0.05) is 42.1 Å². The highest BCUT2D eigenvalue weighted by Crippen LogP contribution is 2.16. The van der Waals surface area contributed by atoms with Crippen molar-refractivity contribution in [3.05, 3.63) is 41.8 Å². The number of hydrogen-bond acceptors (Lipinski definition) is 6. The lowest BCUT2D eigenvalue weighted by Crippen LogP contribution is -2.17. The highest BCUT2D eigenvalue weighted by atomic mass is 32.2. The molecule has 0 saturated carbocycles. The van der Waals surface area contributed by atoms with E-state index in [1.54, 1.807) is 6.92 Å². The summed E-state index contributed by atoms with van der Waals surface area (Å²) in [5.41, 5.74) is 1.09. The summed E-state index contributed by atoms with van der Waals surface area (Å²) in [7, 11) is 0. The van der Waals surface area contributed by atoms with Crippen molar-refractivity contribution in [2.24, 2.45) is 0 Å². The summed E-state index contributed by atoms with van der Waals surface area (Å²) < 4.78 is 10.6. The summed E-state index contributed by atoms with van der Waals surface area (Å²) in [4.78, 5) is 0. The summed E-state index contributed by atoms with van der Waals surface area (Å²) in [5.74, 6) is 0.994. The van der Waals surface area contributed by atoms with Crippen LogP contribution in [0.5, 0.6) is 0 Å². The normalized spacial score (nSPS) is 12.5. The van der Waals surface area contributed by atoms with Gasteiger partial charge in [0.25, 0.3) is 5.22 Å². The largest absolute Gasteiger partial charge is 0.416 e. The lowest BCUT2D eigenvalue weighted by Gasteiger charge is -2.09. The van der Waals surface area contributed by atoms with Crippen LogP contribution < -0.4 is 0 Å². The predicted octanol–water partition coefficient (Wildman–Crippen LogP) is 2.05. The molecule has 1 aromatic carbocycles. The van der Waals surface area contributed by atoms with E-state index in [-0.39, 0.29) is 6.61 Å². The monoisotopic (exact) mass is 280 g/mol. The molecule has 0 spiro atoms. The van der Waals surface area contributed by atoms with Gasteiger partial charge in [-0.05, 0) is 5.56 Å². The van der Waals surface area contributed by atoms with Crippen LogP contribution in [0.3, 0.4) is 0 Å². The number of rotatable bonds is 7. The maximum absolute atomic E-state index is 9.76. The number of aliphatic hydroxyl groups excluding tert-OH is 1. The average molecular weight is 280 g/mol. The molecule has 1 N–H and O–H groups in total. The van der Waals surface area contributed by atoms with Gasteiger partial charge in [-0.3, -0.25) is 0 Å². The van der Waals surface area contributed by atoms with Crippen LogP contribution in [0.1, 0.15) is 11.5 Å². The highest BCUT2D eigenvalue weighted by Gasteiger charge is 2.09. The second kappa shape index (κ2) is 7.28. The summed E-state index contributed by atoms with van der Waals surface area (Å²) in [6, 6.07) is 9.86. The van der Waals surface area contributed by atoms with Gasteiger partial charge < -0.3 is 14.3 Å². The lowest BCUT2D eigenvalue weighted by molar-refractivity contribution is 0.0397. The standard InChI is InChI=1S/C13H16N2O3S/c1-10-14-15-13(18-10)19-9-12(16)8-17-7-11-5-3-2-4-6-11/h2-6,12,16H,7-9H2,1H3. The van der Waals surface area contributed by atoms with Gasteiger partial charge in [0, 0.05) is 12.7 Å². The fourth-order valence-electron chi connectivity index (χ4n) is 1.44. The van der Waals surface area contributed by atoms with E-state index in [1.807, 2.05) is 30.3 Å². The third kappa shape index (κ3) is 5.02. The van der Waals surface area contributed by atoms with Crippen molar-refractivity contribution in [2.75, 3.05) is 12.4 Å². The minimum atomic E-state index is -0.555. The molecular weight excluding hydrogens is 264 g/mol. The number of aryl methyl sites for hydroxylation is 1. The van der Waals surface area contributed by atoms with E-state index in [9.17, 15) is 5.11 Å². The zero-order valence-electron chi connectivity index (χ0n) is 10.7. The Morgan fingerprint density at radius 3 is 2.79 bits per heavy atom. The smallest absolute Gasteiger partial charge is 0.276 e. The SMILES string of the molecule is Cc1nnc(SCC(O)COCc2ccccc2)o1. The second-order valence-corrected chi connectivity index (χ2v) is 5.02. The van der Waals surface area contributed by atoms with Gasteiger partial charge >= 0.3 is 0 Å². The number of hydrogen-bond donors (Lipinski definition) is 1. The van der Waals surface area contributed by atoms with Gasteiger partial charge in [0.15, 0.2) is 0 Å². The summed E-state index contributed by atoms with van der Waals surface area (Å²) in [6.07, 6.45) is -0.555. The zero-order valence-corrected chi connectivity index (χ0v) is 11.5. The lowest BCUT2D eigenvalue weighted by atomic mass is 10.2. The fourth-order valence-corrected chi connectivity index (χ4v) is 2.15. The van der Waals surface area contributed by atoms with Crippen LogP contribution in [-0.4, -0.2) is 33.8 Å². The second-order valence-electron chi connectivity index (χ2n) is 4.05. The van der Waals surface area contributed by atoms with Crippen molar-refractivity contribution in [2.45, 2.75) is 24.9 Å². The molecule has 5 nitrogen and oxygen atoms in total. The van der Waals surface area contributed by atoms with Crippen molar-refractivity contribution in [1.82, 2.24) is 10.2 Å². The zero-order chi connectivity index (χ0) is 13.5. The molecule has 2 aromatic rings. The van der Waals surface area contributed by atoms with Crippen LogP contribution >= 0.6 is 11.8 Å². The van der Waals surface area contributed by atoms with Gasteiger partial charge in [0.05, 0.1) is 19.3 Å². The Labute approximate surface area is 116 Å². The molecule has 19 heavy (non-hydrogen) atoms. The number of thioether (sulfide) groups is 1. The molecule has 1 unspecified atom stereocenters. The summed E-state index contributed by atoms with van der Waals surface area (Å²) in [5, 5.41) is 17.8. The van der Waals surface area contributed by atoms with E-state index in [1.165, 1.54) is 11.8 Å². The molecule has 102 valence electrons. The summed E-state index contributed by atoms with van der Waals surface area (Å²) in [6.45, 7) is 2.52. The molecular formula is C13H16N2O3S. The minimum absolute atomic E-state index is 0.287. The van der Waals surface area contributed by atoms with Crippen LogP contribution in [0.4, 0.5) is 0 Å². The number of aliphatic hydroxyl groups is 1. The Balaban J connectivity index is 1.63. The molecule has 0 amide bonds. The molecule has 0 aliphatic carbocycles. The molecule has 0 saturated heterocycles. The Morgan fingerprint density at radius 2 is 2.11 bits per heavy atom. The first kappa shape index (κ1) is 14.0. The maximum Gasteiger partial charge on any atom is 0.276 e. The van der Waals surface area contributed by atoms with Gasteiger partial charge in [0.2, 0.25) is 5.89 Å². The first-order valence-electron chi connectivity index (χ1n) is 5.96. The Bertz CT molecular complexity index is 490. The number of ether oxygens (including phenoxy) is 1. The molecule has 1 aromatic heterocycles. The quantitative estimate of drug-likeness (QED) is 0.783. The van der Waals surface area contributed by atoms with Crippen LogP contribution in [-0.2, 0) is 11.3 Å². The molecule has 0 fully saturated rings. The topological polar surface area (TPSA) is 68.4 Å². The van der Waals surface area contributed by atoms with Gasteiger partial charge in [-0.15, -0.1) is 10.2 Å². The molecule has 0 aliphatic heterocycles. The van der Waals surface area contributed by atoms with Crippen LogP contribution in [0.2, 0.25) is 0 Å². The number of benzene rings is 1. The third-order valence-electron chi connectivity index (χ3n) is 2.33. The Morgan fingerprint density at radius 1 is 1.32 bits per heavy atom. The van der Waals surface area contributed by atoms with Crippen LogP contribution in [0, 0.1) is 6.92 Å². The molecule has 2 rings (SSSR count). The van der Waals surface area contributed by atoms with E-state index in [0.717, 1.165) is 5.56 Å². The van der Waals surface area contributed by atoms with Crippen molar-refractivity contribution in [3.63, 3.8) is 0 Å². The minimum Gasteiger partial charge on any atom is -0.416 e. The average Bonchev–Trinajstić information content (AvgIpc) is 2.83. The number of nitrogens with zero attached hydrogens (tertiary/aromatic N) is 2. The van der Waals surface area contributed by atoms with E-state index < -0.39 is 6.10 Å². The highest BCUT2D eigenvalue weighted by molar-refractivity contribution is 7.99. The van der Waals surface area contributed by atoms with E-state index in [4.69, 9.17) is 9.15 Å². The molecule has 1 heterocycles. The van der Waals surface area contributed by atoms with E-state index in [2.05, 4.69) is 10.2 Å². The number of aromatic nitrogens is 2. The van der Waals surface area contributed by atoms with Crippen molar-refractivity contribution in [1.29, 1.82) is 0 Å². The maximum atomic E-state index is 9.76. The summed E-state index contributed by atoms with van der Waals surface area (Å²) >= 11 is 1.33. The predicted molar refractivity (Wildman–Crippen MR) is 71.9 cm³/mol. The van der Waals surface area contributed by atoms with Crippen LogP contribution in [0.25, 0.3) is 0 Å². The third-order valence-corrected chi connectivity index (χ3v) is 3.29. The van der Waals surface area contributed by atoms with E-state index >= 15 is 0 Å². The van der Waals surface area contributed by atoms with Crippen LogP contribution in [0.15, 0.2) is 40.0 Å². The van der Waals surface area contributed by atoms with Gasteiger partial charge in [-0.2, -0.15) is 0 Å². The first-order chi connectivity index (χ1) is 9.24. The van der Waals surface area contributed by atoms with E-state index in [0.29, 0.717) is 23.5 Å². The first-order valence-corrected chi connectivity index (χ1v) is 6.95. The van der Waals surface area contributed by atoms with Crippen molar-refractivity contribution < 1.29 is 14.3 Å². The molecule has 0 bridgehead atoms. The molecule has 0 radical (unpaired) electrons. The van der Waals surface area contributed by atoms with Gasteiger partial charge in [-0.25, -0.2) is 0 Å². The van der Waals surface area contributed by atoms with Crippen molar-refractivity contribution >= 4 is 11.8 Å². The molecule has 6 heteroatoms. The fraction of sp³-hybridized carbons (Fsp3) is 0.385. The molecule has 1 atom stereocenters. The van der Waals surface area contributed by atoms with Crippen molar-refractivity contribution in [3.8, 4) is 0 Å². The van der Waals surface area contributed by atoms with Gasteiger partial charge in [0.1, 0.15) is 0 Å². The Hall–Kier alpha value is -1.37. The molecule has 0 aliphatic rings.